The van der Waals surface area contributed by atoms with E-state index in [1.165, 1.54) is 12.3 Å². The maximum absolute atomic E-state index is 15.0. The van der Waals surface area contributed by atoms with Gasteiger partial charge < -0.3 is 15.1 Å². The number of hydrogen-bond donors (Lipinski definition) is 4. The number of aliphatic hydroxyl groups excluding tert-OH is 1. The molecule has 0 radical (unpaired) electrons. The molecule has 4 N–H and O–H groups in total. The first-order chi connectivity index (χ1) is 16.4. The largest absolute Gasteiger partial charge is 0.395 e. The lowest BCUT2D eigenvalue weighted by molar-refractivity contribution is 0.256. The van der Waals surface area contributed by atoms with Crippen LogP contribution >= 0.6 is 0 Å². The Balaban J connectivity index is 1.45. The lowest BCUT2D eigenvalue weighted by atomic mass is 10.0. The number of fused-ring (bicyclic) bond motifs is 2. The van der Waals surface area contributed by atoms with E-state index in [4.69, 9.17) is 0 Å². The number of nitrogens with zero attached hydrogens (tertiary/aromatic N) is 1. The van der Waals surface area contributed by atoms with Crippen LogP contribution < -0.4 is 4.72 Å². The molecule has 10 heteroatoms. The third kappa shape index (κ3) is 3.96. The van der Waals surface area contributed by atoms with Gasteiger partial charge in [0.2, 0.25) is 10.0 Å². The number of aromatic amines is 2. The molecule has 0 aliphatic rings. The summed E-state index contributed by atoms with van der Waals surface area (Å²) in [7, 11) is -4.47. The number of pyridine rings is 1. The van der Waals surface area contributed by atoms with Gasteiger partial charge in [0.15, 0.2) is 0 Å². The smallest absolute Gasteiger partial charge is 0.243 e. The van der Waals surface area contributed by atoms with Crippen molar-refractivity contribution in [2.75, 3.05) is 6.61 Å². The molecule has 3 aromatic heterocycles. The van der Waals surface area contributed by atoms with Gasteiger partial charge in [-0.15, -0.1) is 0 Å². The van der Waals surface area contributed by atoms with Crippen molar-refractivity contribution in [2.24, 2.45) is 0 Å². The van der Waals surface area contributed by atoms with Crippen molar-refractivity contribution in [1.29, 1.82) is 0 Å². The van der Waals surface area contributed by atoms with Crippen molar-refractivity contribution in [2.45, 2.75) is 17.4 Å². The molecule has 2 aromatic carbocycles. The normalized spacial score (nSPS) is 13.0. The van der Waals surface area contributed by atoms with Crippen LogP contribution in [0.25, 0.3) is 33.1 Å². The Kier molecular flexibility index (Phi) is 5.64. The van der Waals surface area contributed by atoms with Crippen LogP contribution in [0.3, 0.4) is 0 Å². The number of benzene rings is 2. The Morgan fingerprint density at radius 3 is 2.65 bits per heavy atom. The average molecular weight is 483 g/mol. The summed E-state index contributed by atoms with van der Waals surface area (Å²) in [5.74, 6) is -2.00. The number of rotatable bonds is 7. The van der Waals surface area contributed by atoms with Crippen molar-refractivity contribution in [3.63, 3.8) is 0 Å². The number of aromatic nitrogens is 3. The zero-order valence-electron chi connectivity index (χ0n) is 17.7. The highest BCUT2D eigenvalue weighted by atomic mass is 32.2. The number of sulfonamides is 1. The van der Waals surface area contributed by atoms with Crippen LogP contribution in [-0.4, -0.2) is 41.1 Å². The van der Waals surface area contributed by atoms with Gasteiger partial charge in [-0.1, -0.05) is 18.2 Å². The minimum Gasteiger partial charge on any atom is -0.395 e. The molecule has 5 rings (SSSR count). The van der Waals surface area contributed by atoms with Gasteiger partial charge in [0, 0.05) is 46.5 Å². The van der Waals surface area contributed by atoms with E-state index >= 15 is 8.78 Å². The molecular formula is C24H20F2N4O3S. The van der Waals surface area contributed by atoms with Gasteiger partial charge in [-0.3, -0.25) is 0 Å². The molecule has 3 heterocycles. The number of aliphatic hydroxyl groups is 1. The topological polar surface area (TPSA) is 111 Å². The van der Waals surface area contributed by atoms with Gasteiger partial charge in [0.1, 0.15) is 22.2 Å². The van der Waals surface area contributed by atoms with Gasteiger partial charge in [0.25, 0.3) is 0 Å². The van der Waals surface area contributed by atoms with Gasteiger partial charge in [0.05, 0.1) is 6.61 Å². The summed E-state index contributed by atoms with van der Waals surface area (Å²) in [5, 5.41) is 11.3. The first-order valence-electron chi connectivity index (χ1n) is 10.5. The summed E-state index contributed by atoms with van der Waals surface area (Å²) < 4.78 is 58.2. The Morgan fingerprint density at radius 1 is 1.00 bits per heavy atom. The highest BCUT2D eigenvalue weighted by molar-refractivity contribution is 7.89. The molecule has 0 bridgehead atoms. The molecular weight excluding hydrogens is 462 g/mol. The number of para-hydroxylation sites is 1. The van der Waals surface area contributed by atoms with Crippen LogP contribution in [0.5, 0.6) is 0 Å². The first kappa shape index (κ1) is 22.2. The summed E-state index contributed by atoms with van der Waals surface area (Å²) in [6.45, 7) is -0.524. The summed E-state index contributed by atoms with van der Waals surface area (Å²) in [6.07, 6.45) is 4.97. The van der Waals surface area contributed by atoms with Crippen LogP contribution in [0.2, 0.25) is 0 Å². The molecule has 7 nitrogen and oxygen atoms in total. The Bertz CT molecular complexity index is 1610. The Labute approximate surface area is 193 Å². The summed E-state index contributed by atoms with van der Waals surface area (Å²) in [6, 6.07) is 11.3. The molecule has 0 aliphatic carbocycles. The van der Waals surface area contributed by atoms with E-state index in [-0.39, 0.29) is 12.0 Å². The summed E-state index contributed by atoms with van der Waals surface area (Å²) in [4.78, 5) is 9.28. The first-order valence-corrected chi connectivity index (χ1v) is 12.0. The van der Waals surface area contributed by atoms with Crippen molar-refractivity contribution >= 4 is 32.0 Å². The highest BCUT2D eigenvalue weighted by Gasteiger charge is 2.26. The molecule has 1 atom stereocenters. The van der Waals surface area contributed by atoms with Gasteiger partial charge >= 0.3 is 0 Å². The fraction of sp³-hybridized carbons (Fsp3) is 0.125. The summed E-state index contributed by atoms with van der Waals surface area (Å²) >= 11 is 0. The average Bonchev–Trinajstić information content (AvgIpc) is 3.47. The third-order valence-corrected chi connectivity index (χ3v) is 7.28. The maximum Gasteiger partial charge on any atom is 0.243 e. The predicted octanol–water partition coefficient (Wildman–Crippen LogP) is 3.87. The Hall–Kier alpha value is -3.60. The zero-order valence-corrected chi connectivity index (χ0v) is 18.5. The molecule has 0 amide bonds. The van der Waals surface area contributed by atoms with Crippen LogP contribution in [0.1, 0.15) is 5.56 Å². The molecule has 0 unspecified atom stereocenters. The van der Waals surface area contributed by atoms with Crippen molar-refractivity contribution < 1.29 is 22.3 Å². The highest BCUT2D eigenvalue weighted by Crippen LogP contribution is 2.32. The van der Waals surface area contributed by atoms with E-state index in [1.54, 1.807) is 18.5 Å². The monoisotopic (exact) mass is 482 g/mol. The fourth-order valence-corrected chi connectivity index (χ4v) is 5.43. The maximum atomic E-state index is 15.0. The third-order valence-electron chi connectivity index (χ3n) is 5.74. The lowest BCUT2D eigenvalue weighted by Crippen LogP contribution is -2.39. The van der Waals surface area contributed by atoms with E-state index in [9.17, 15) is 13.5 Å². The van der Waals surface area contributed by atoms with Crippen molar-refractivity contribution in [3.05, 3.63) is 84.3 Å². The fourth-order valence-electron chi connectivity index (χ4n) is 4.13. The second-order valence-corrected chi connectivity index (χ2v) is 9.61. The van der Waals surface area contributed by atoms with Gasteiger partial charge in [-0.05, 0) is 47.9 Å². The number of H-pyrrole nitrogens is 2. The van der Waals surface area contributed by atoms with Crippen molar-refractivity contribution in [3.8, 4) is 11.1 Å². The van der Waals surface area contributed by atoms with E-state index < -0.39 is 39.2 Å². The lowest BCUT2D eigenvalue weighted by Gasteiger charge is -2.17. The molecule has 0 aliphatic heterocycles. The standard InChI is InChI=1S/C24H20F2N4O3S/c25-20-11-23(21(26)10-19(20)17-5-7-27-24-18(17)6-8-28-24)34(32,33)30-15(13-31)9-14-12-29-22-4-2-1-3-16(14)22/h1-8,10-12,15,29-31H,9,13H2,(H,27,28)/t15-/m1/s1. The van der Waals surface area contributed by atoms with Gasteiger partial charge in [-0.2, -0.15) is 0 Å². The molecule has 0 spiro atoms. The number of halogens is 2. The van der Waals surface area contributed by atoms with Crippen LogP contribution in [-0.2, 0) is 16.4 Å². The Morgan fingerprint density at radius 2 is 1.82 bits per heavy atom. The van der Waals surface area contributed by atoms with Crippen LogP contribution in [0.15, 0.2) is 72.0 Å². The number of hydrogen-bond acceptors (Lipinski definition) is 4. The molecule has 34 heavy (non-hydrogen) atoms. The summed E-state index contributed by atoms with van der Waals surface area (Å²) in [5.41, 5.74) is 2.45. The molecule has 5 aromatic rings. The van der Waals surface area contributed by atoms with Crippen LogP contribution in [0.4, 0.5) is 8.78 Å². The second kappa shape index (κ2) is 8.64. The molecule has 0 saturated carbocycles. The SMILES string of the molecule is O=S(=O)(N[C@@H](CO)Cc1c[nH]c2ccccc12)c1cc(F)c(-c2ccnc3[nH]ccc23)cc1F. The zero-order chi connectivity index (χ0) is 23.9. The molecule has 174 valence electrons. The van der Waals surface area contributed by atoms with E-state index in [0.29, 0.717) is 22.7 Å². The quantitative estimate of drug-likeness (QED) is 0.282. The number of nitrogens with one attached hydrogen (secondary N) is 3. The predicted molar refractivity (Wildman–Crippen MR) is 125 cm³/mol. The minimum atomic E-state index is -4.47. The van der Waals surface area contributed by atoms with E-state index in [0.717, 1.165) is 22.5 Å². The van der Waals surface area contributed by atoms with E-state index in [2.05, 4.69) is 19.7 Å². The minimum absolute atomic E-state index is 0.0825. The van der Waals surface area contributed by atoms with Gasteiger partial charge in [-0.25, -0.2) is 26.9 Å². The van der Waals surface area contributed by atoms with E-state index in [1.807, 2.05) is 24.3 Å². The van der Waals surface area contributed by atoms with Crippen LogP contribution in [0, 0.1) is 11.6 Å². The second-order valence-electron chi connectivity index (χ2n) is 7.93. The molecule has 0 fully saturated rings. The molecule has 0 saturated heterocycles. The van der Waals surface area contributed by atoms with Crippen molar-refractivity contribution in [1.82, 2.24) is 19.7 Å².